The number of allylic oxidation sites excluding steroid dienone is 1. The van der Waals surface area contributed by atoms with Gasteiger partial charge < -0.3 is 20.1 Å². The van der Waals surface area contributed by atoms with E-state index < -0.39 is 11.8 Å². The van der Waals surface area contributed by atoms with Crippen LogP contribution in [0.5, 0.6) is 0 Å². The van der Waals surface area contributed by atoms with Crippen molar-refractivity contribution in [2.24, 2.45) is 0 Å². The summed E-state index contributed by atoms with van der Waals surface area (Å²) < 4.78 is 5.60. The van der Waals surface area contributed by atoms with Crippen LogP contribution < -0.4 is 5.32 Å². The minimum absolute atomic E-state index is 0.00245. The molecule has 2 aromatic heterocycles. The number of pyridine rings is 1. The Bertz CT molecular complexity index is 919. The molecular formula is C18H17N3O4. The molecule has 4 rings (SSSR count). The Morgan fingerprint density at radius 2 is 2.20 bits per heavy atom. The molecule has 1 aliphatic carbocycles. The van der Waals surface area contributed by atoms with Crippen LogP contribution in [-0.2, 0) is 14.3 Å². The monoisotopic (exact) mass is 339 g/mol. The molecule has 1 fully saturated rings. The number of hydrogen-bond acceptors (Lipinski definition) is 5. The average Bonchev–Trinajstić information content (AvgIpc) is 3.30. The second kappa shape index (κ2) is 6.08. The maximum Gasteiger partial charge on any atom is 0.345 e. The molecule has 2 aliphatic rings. The van der Waals surface area contributed by atoms with Crippen molar-refractivity contribution in [1.29, 1.82) is 0 Å². The number of H-pyrrole nitrogens is 1. The van der Waals surface area contributed by atoms with Gasteiger partial charge >= 0.3 is 5.97 Å². The number of fused-ring (bicyclic) bond motifs is 1. The highest BCUT2D eigenvalue weighted by atomic mass is 16.5. The van der Waals surface area contributed by atoms with Crippen LogP contribution in [-0.4, -0.2) is 32.9 Å². The second-order valence-corrected chi connectivity index (χ2v) is 6.22. The Hall–Kier alpha value is -3.09. The Labute approximate surface area is 143 Å². The molecule has 1 aliphatic heterocycles. The number of aromatic nitrogens is 2. The zero-order valence-electron chi connectivity index (χ0n) is 13.4. The Morgan fingerprint density at radius 1 is 1.40 bits per heavy atom. The van der Waals surface area contributed by atoms with Gasteiger partial charge in [0.2, 0.25) is 11.7 Å². The maximum absolute atomic E-state index is 12.5. The van der Waals surface area contributed by atoms with Gasteiger partial charge in [0.1, 0.15) is 5.65 Å². The number of carbonyl (C=O) groups excluding carboxylic acids is 1. The average molecular weight is 339 g/mol. The lowest BCUT2D eigenvalue weighted by Crippen LogP contribution is -2.27. The van der Waals surface area contributed by atoms with Crippen LogP contribution in [0.1, 0.15) is 31.2 Å². The minimum Gasteiger partial charge on any atom is -0.477 e. The van der Waals surface area contributed by atoms with E-state index in [4.69, 9.17) is 4.74 Å². The molecule has 0 radical (unpaired) electrons. The van der Waals surface area contributed by atoms with Crippen LogP contribution in [0.4, 0.5) is 0 Å². The molecule has 0 bridgehead atoms. The van der Waals surface area contributed by atoms with Crippen LogP contribution in [0, 0.1) is 0 Å². The van der Waals surface area contributed by atoms with Crippen LogP contribution in [0.15, 0.2) is 41.7 Å². The maximum atomic E-state index is 12.5. The topological polar surface area (TPSA) is 104 Å². The molecule has 7 nitrogen and oxygen atoms in total. The number of aliphatic carboxylic acids is 1. The van der Waals surface area contributed by atoms with E-state index in [1.54, 1.807) is 24.5 Å². The van der Waals surface area contributed by atoms with Gasteiger partial charge in [0.15, 0.2) is 11.3 Å². The molecule has 0 aromatic carbocycles. The first-order chi connectivity index (χ1) is 12.1. The van der Waals surface area contributed by atoms with E-state index in [-0.39, 0.29) is 23.3 Å². The lowest BCUT2D eigenvalue weighted by molar-refractivity contribution is -0.134. The van der Waals surface area contributed by atoms with E-state index in [9.17, 15) is 14.7 Å². The molecule has 2 aromatic rings. The SMILES string of the molecule is O=C(O)C1=C(NC2CCCC2)O/C(=C\c2c[nH]c3ncccc23)C1=O. The van der Waals surface area contributed by atoms with E-state index in [2.05, 4.69) is 15.3 Å². The number of nitrogens with one attached hydrogen (secondary N) is 2. The van der Waals surface area contributed by atoms with Gasteiger partial charge in [-0.15, -0.1) is 0 Å². The summed E-state index contributed by atoms with van der Waals surface area (Å²) in [5.74, 6) is -1.85. The van der Waals surface area contributed by atoms with Gasteiger partial charge in [0.25, 0.3) is 0 Å². The summed E-state index contributed by atoms with van der Waals surface area (Å²) >= 11 is 0. The summed E-state index contributed by atoms with van der Waals surface area (Å²) in [6.45, 7) is 0. The van der Waals surface area contributed by atoms with Gasteiger partial charge in [-0.1, -0.05) is 12.8 Å². The minimum atomic E-state index is -1.28. The highest BCUT2D eigenvalue weighted by Gasteiger charge is 2.37. The number of rotatable bonds is 4. The second-order valence-electron chi connectivity index (χ2n) is 6.22. The molecular weight excluding hydrogens is 322 g/mol. The summed E-state index contributed by atoms with van der Waals surface area (Å²) in [7, 11) is 0. The molecule has 1 saturated carbocycles. The largest absolute Gasteiger partial charge is 0.477 e. The molecule has 0 saturated heterocycles. The predicted octanol–water partition coefficient (Wildman–Crippen LogP) is 2.33. The molecule has 3 heterocycles. The molecule has 7 heteroatoms. The summed E-state index contributed by atoms with van der Waals surface area (Å²) in [5, 5.41) is 13.3. The molecule has 128 valence electrons. The Morgan fingerprint density at radius 3 is 2.96 bits per heavy atom. The number of Topliss-reactive ketones (excluding diaryl/α,β-unsaturated/α-hetero) is 1. The molecule has 0 amide bonds. The van der Waals surface area contributed by atoms with Crippen LogP contribution in [0.2, 0.25) is 0 Å². The van der Waals surface area contributed by atoms with Crippen molar-refractivity contribution in [2.45, 2.75) is 31.7 Å². The highest BCUT2D eigenvalue weighted by Crippen LogP contribution is 2.29. The standard InChI is InChI=1S/C18H17N3O4/c22-15-13(8-10-9-20-16-12(10)6-3-7-19-16)25-17(14(15)18(23)24)21-11-4-1-2-5-11/h3,6-9,11,21H,1-2,4-5H2,(H,19,20)(H,23,24)/b13-8-. The molecule has 3 N–H and O–H groups in total. The third-order valence-corrected chi connectivity index (χ3v) is 4.56. The van der Waals surface area contributed by atoms with E-state index in [0.29, 0.717) is 5.65 Å². The zero-order chi connectivity index (χ0) is 17.4. The normalized spacial score (nSPS) is 19.8. The number of aromatic amines is 1. The molecule has 0 atom stereocenters. The Kier molecular flexibility index (Phi) is 3.76. The van der Waals surface area contributed by atoms with Crippen molar-refractivity contribution in [3.8, 4) is 0 Å². The number of carboxylic acid groups (broad SMARTS) is 1. The predicted molar refractivity (Wildman–Crippen MR) is 90.2 cm³/mol. The molecule has 0 spiro atoms. The van der Waals surface area contributed by atoms with Crippen LogP contribution in [0.25, 0.3) is 17.1 Å². The first kappa shape index (κ1) is 15.4. The van der Waals surface area contributed by atoms with Gasteiger partial charge in [-0.25, -0.2) is 9.78 Å². The van der Waals surface area contributed by atoms with Gasteiger partial charge in [-0.05, 0) is 31.1 Å². The third-order valence-electron chi connectivity index (χ3n) is 4.56. The summed E-state index contributed by atoms with van der Waals surface area (Å²) in [6, 6.07) is 3.81. The van der Waals surface area contributed by atoms with Gasteiger partial charge in [0, 0.05) is 29.4 Å². The smallest absolute Gasteiger partial charge is 0.345 e. The van der Waals surface area contributed by atoms with Crippen molar-refractivity contribution < 1.29 is 19.4 Å². The van der Waals surface area contributed by atoms with E-state index in [1.807, 2.05) is 6.07 Å². The van der Waals surface area contributed by atoms with Crippen molar-refractivity contribution >= 4 is 28.9 Å². The van der Waals surface area contributed by atoms with E-state index in [1.165, 1.54) is 0 Å². The summed E-state index contributed by atoms with van der Waals surface area (Å²) in [5.41, 5.74) is 1.07. The lowest BCUT2D eigenvalue weighted by Gasteiger charge is -2.14. The fourth-order valence-corrected chi connectivity index (χ4v) is 3.32. The first-order valence-corrected chi connectivity index (χ1v) is 8.24. The van der Waals surface area contributed by atoms with Gasteiger partial charge in [-0.3, -0.25) is 4.79 Å². The number of ether oxygens (including phenoxy) is 1. The van der Waals surface area contributed by atoms with Crippen molar-refractivity contribution in [3.63, 3.8) is 0 Å². The molecule has 25 heavy (non-hydrogen) atoms. The summed E-state index contributed by atoms with van der Waals surface area (Å²) in [6.07, 6.45) is 9.00. The van der Waals surface area contributed by atoms with E-state index in [0.717, 1.165) is 36.6 Å². The van der Waals surface area contributed by atoms with Crippen molar-refractivity contribution in [2.75, 3.05) is 0 Å². The molecule has 0 unspecified atom stereocenters. The van der Waals surface area contributed by atoms with E-state index >= 15 is 0 Å². The van der Waals surface area contributed by atoms with Crippen LogP contribution in [0.3, 0.4) is 0 Å². The third kappa shape index (κ3) is 2.77. The van der Waals surface area contributed by atoms with Crippen molar-refractivity contribution in [3.05, 3.63) is 47.3 Å². The quantitative estimate of drug-likeness (QED) is 0.583. The number of ketones is 1. The number of carbonyl (C=O) groups is 2. The fourth-order valence-electron chi connectivity index (χ4n) is 3.32. The number of hydrogen-bond donors (Lipinski definition) is 3. The number of carboxylic acids is 1. The highest BCUT2D eigenvalue weighted by molar-refractivity contribution is 6.26. The van der Waals surface area contributed by atoms with Gasteiger partial charge in [0.05, 0.1) is 0 Å². The van der Waals surface area contributed by atoms with Gasteiger partial charge in [-0.2, -0.15) is 0 Å². The first-order valence-electron chi connectivity index (χ1n) is 8.24. The zero-order valence-corrected chi connectivity index (χ0v) is 13.4. The summed E-state index contributed by atoms with van der Waals surface area (Å²) in [4.78, 5) is 31.2. The lowest BCUT2D eigenvalue weighted by atomic mass is 10.1. The van der Waals surface area contributed by atoms with Crippen molar-refractivity contribution in [1.82, 2.24) is 15.3 Å². The Balaban J connectivity index is 1.66. The number of nitrogens with zero attached hydrogens (tertiary/aromatic N) is 1. The fraction of sp³-hybridized carbons (Fsp3) is 0.278. The van der Waals surface area contributed by atoms with Crippen LogP contribution >= 0.6 is 0 Å².